The molecule has 1 spiro atoms. The molecule has 2 aliphatic carbocycles. The minimum absolute atomic E-state index is 0.171. The van der Waals surface area contributed by atoms with Gasteiger partial charge in [0.2, 0.25) is 0 Å². The van der Waals surface area contributed by atoms with Crippen LogP contribution >= 0.6 is 0 Å². The van der Waals surface area contributed by atoms with Crippen molar-refractivity contribution in [1.29, 1.82) is 0 Å². The third-order valence-electron chi connectivity index (χ3n) is 3.07. The monoisotopic (exact) mass is 176 g/mol. The fourth-order valence-electron chi connectivity index (χ4n) is 2.27. The fourth-order valence-corrected chi connectivity index (χ4v) is 2.27. The van der Waals surface area contributed by atoms with E-state index in [0.717, 1.165) is 19.3 Å². The Hall–Kier alpha value is -0.140. The van der Waals surface area contributed by atoms with Gasteiger partial charge < -0.3 is 0 Å². The lowest BCUT2D eigenvalue weighted by molar-refractivity contribution is 0.0647. The van der Waals surface area contributed by atoms with Crippen molar-refractivity contribution >= 4 is 0 Å². The van der Waals surface area contributed by atoms with Gasteiger partial charge in [0.1, 0.15) is 0 Å². The van der Waals surface area contributed by atoms with Crippen molar-refractivity contribution in [2.75, 3.05) is 0 Å². The number of alkyl halides is 2. The quantitative estimate of drug-likeness (QED) is 0.525. The molecule has 12 heavy (non-hydrogen) atoms. The number of rotatable bonds is 0. The second kappa shape index (κ2) is 2.97. The van der Waals surface area contributed by atoms with E-state index in [1.54, 1.807) is 0 Å². The van der Waals surface area contributed by atoms with Gasteiger partial charge in [-0.1, -0.05) is 20.8 Å². The Kier molecular flexibility index (Phi) is 2.46. The van der Waals surface area contributed by atoms with Crippen LogP contribution in [0.15, 0.2) is 0 Å². The Balaban J connectivity index is 0.000000336. The summed E-state index contributed by atoms with van der Waals surface area (Å²) in [5, 5.41) is 0. The Labute approximate surface area is 73.3 Å². The van der Waals surface area contributed by atoms with E-state index < -0.39 is 11.3 Å². The third kappa shape index (κ3) is 1.36. The predicted molar refractivity (Wildman–Crippen MR) is 46.4 cm³/mol. The maximum Gasteiger partial charge on any atom is 0.254 e. The first-order valence-corrected chi connectivity index (χ1v) is 4.94. The van der Waals surface area contributed by atoms with E-state index in [9.17, 15) is 8.78 Å². The number of halogens is 2. The molecule has 0 N–H and O–H groups in total. The van der Waals surface area contributed by atoms with Crippen LogP contribution in [-0.2, 0) is 0 Å². The molecule has 2 heteroatoms. The fraction of sp³-hybridized carbons (Fsp3) is 1.00. The highest BCUT2D eigenvalue weighted by atomic mass is 19.3. The van der Waals surface area contributed by atoms with Gasteiger partial charge in [-0.25, -0.2) is 8.78 Å². The first-order chi connectivity index (χ1) is 5.56. The van der Waals surface area contributed by atoms with Gasteiger partial charge in [-0.2, -0.15) is 0 Å². The number of hydrogen-bond acceptors (Lipinski definition) is 0. The van der Waals surface area contributed by atoms with Crippen LogP contribution in [0.1, 0.15) is 46.5 Å². The van der Waals surface area contributed by atoms with Crippen molar-refractivity contribution in [1.82, 2.24) is 0 Å². The predicted octanol–water partition coefficient (Wildman–Crippen LogP) is 3.86. The summed E-state index contributed by atoms with van der Waals surface area (Å²) in [6.45, 7) is 6.07. The Morgan fingerprint density at radius 2 is 1.75 bits per heavy atom. The third-order valence-corrected chi connectivity index (χ3v) is 3.07. The molecule has 0 bridgehead atoms. The molecule has 72 valence electrons. The van der Waals surface area contributed by atoms with Crippen molar-refractivity contribution in [3.05, 3.63) is 0 Å². The zero-order valence-corrected chi connectivity index (χ0v) is 8.16. The second-order valence-electron chi connectivity index (χ2n) is 4.01. The van der Waals surface area contributed by atoms with Gasteiger partial charge in [-0.05, 0) is 25.2 Å². The van der Waals surface area contributed by atoms with E-state index in [2.05, 4.69) is 6.92 Å². The summed E-state index contributed by atoms with van der Waals surface area (Å²) >= 11 is 0. The molecule has 0 heterocycles. The van der Waals surface area contributed by atoms with Gasteiger partial charge >= 0.3 is 0 Å². The summed E-state index contributed by atoms with van der Waals surface area (Å²) < 4.78 is 25.3. The van der Waals surface area contributed by atoms with Crippen LogP contribution in [0.4, 0.5) is 8.78 Å². The van der Waals surface area contributed by atoms with Gasteiger partial charge in [-0.15, -0.1) is 0 Å². The second-order valence-corrected chi connectivity index (χ2v) is 4.01. The molecule has 2 atom stereocenters. The van der Waals surface area contributed by atoms with Crippen molar-refractivity contribution in [3.8, 4) is 0 Å². The van der Waals surface area contributed by atoms with Crippen LogP contribution in [0.2, 0.25) is 0 Å². The minimum Gasteiger partial charge on any atom is -0.206 e. The standard InChI is InChI=1S/C8H12F2.C2H6/c1-6-2-3-7(4-6)5-8(7,9)10;1-2/h6H,2-5H2,1H3;1-2H3. The summed E-state index contributed by atoms with van der Waals surface area (Å²) in [5.74, 6) is -1.76. The average Bonchev–Trinajstić information content (AvgIpc) is 2.38. The van der Waals surface area contributed by atoms with Crippen LogP contribution < -0.4 is 0 Å². The zero-order chi connectivity index (χ0) is 9.41. The molecular formula is C10H18F2. The highest BCUT2D eigenvalue weighted by Crippen LogP contribution is 2.69. The average molecular weight is 176 g/mol. The largest absolute Gasteiger partial charge is 0.254 e. The molecule has 0 nitrogen and oxygen atoms in total. The van der Waals surface area contributed by atoms with E-state index in [-0.39, 0.29) is 6.42 Å². The molecule has 0 aliphatic heterocycles. The molecule has 2 saturated carbocycles. The number of hydrogen-bond donors (Lipinski definition) is 0. The van der Waals surface area contributed by atoms with E-state index >= 15 is 0 Å². The van der Waals surface area contributed by atoms with Crippen LogP contribution in [0.5, 0.6) is 0 Å². The molecular weight excluding hydrogens is 158 g/mol. The zero-order valence-electron chi connectivity index (χ0n) is 8.16. The van der Waals surface area contributed by atoms with Crippen molar-refractivity contribution in [3.63, 3.8) is 0 Å². The smallest absolute Gasteiger partial charge is 0.206 e. The molecule has 0 aromatic heterocycles. The van der Waals surface area contributed by atoms with Crippen LogP contribution in [0.25, 0.3) is 0 Å². The highest BCUT2D eigenvalue weighted by Gasteiger charge is 2.71. The molecule has 0 aromatic rings. The summed E-state index contributed by atoms with van der Waals surface area (Å²) in [6, 6.07) is 0. The molecule has 0 radical (unpaired) electrons. The van der Waals surface area contributed by atoms with Crippen LogP contribution in [0, 0.1) is 11.3 Å². The molecule has 2 aliphatic rings. The SMILES string of the molecule is CC.CC1CCC2(C1)CC2(F)F. The molecule has 0 saturated heterocycles. The van der Waals surface area contributed by atoms with Gasteiger partial charge in [0.25, 0.3) is 5.92 Å². The highest BCUT2D eigenvalue weighted by molar-refractivity contribution is 5.12. The normalized spacial score (nSPS) is 42.2. The summed E-state index contributed by atoms with van der Waals surface area (Å²) in [6.07, 6.45) is 2.71. The van der Waals surface area contributed by atoms with Crippen molar-refractivity contribution in [2.24, 2.45) is 11.3 Å². The van der Waals surface area contributed by atoms with Gasteiger partial charge in [-0.3, -0.25) is 0 Å². The van der Waals surface area contributed by atoms with Crippen LogP contribution in [0.3, 0.4) is 0 Å². The van der Waals surface area contributed by atoms with Crippen LogP contribution in [-0.4, -0.2) is 5.92 Å². The minimum atomic E-state index is -2.29. The van der Waals surface area contributed by atoms with Gasteiger partial charge in [0, 0.05) is 11.8 Å². The van der Waals surface area contributed by atoms with E-state index in [1.807, 2.05) is 13.8 Å². The summed E-state index contributed by atoms with van der Waals surface area (Å²) in [4.78, 5) is 0. The maximum absolute atomic E-state index is 12.7. The van der Waals surface area contributed by atoms with Gasteiger partial charge in [0.05, 0.1) is 0 Å². The lowest BCUT2D eigenvalue weighted by Crippen LogP contribution is -2.05. The molecule has 0 amide bonds. The summed E-state index contributed by atoms with van der Waals surface area (Å²) in [5.41, 5.74) is -0.521. The topological polar surface area (TPSA) is 0 Å². The van der Waals surface area contributed by atoms with E-state index in [4.69, 9.17) is 0 Å². The summed E-state index contributed by atoms with van der Waals surface area (Å²) in [7, 11) is 0. The first-order valence-electron chi connectivity index (χ1n) is 4.94. The van der Waals surface area contributed by atoms with E-state index in [1.165, 1.54) is 0 Å². The lowest BCUT2D eigenvalue weighted by atomic mass is 10.0. The lowest BCUT2D eigenvalue weighted by Gasteiger charge is -2.05. The molecule has 2 fully saturated rings. The Bertz CT molecular complexity index is 165. The van der Waals surface area contributed by atoms with Gasteiger partial charge in [0.15, 0.2) is 0 Å². The Morgan fingerprint density at radius 1 is 1.25 bits per heavy atom. The molecule has 0 aromatic carbocycles. The molecule has 2 rings (SSSR count). The van der Waals surface area contributed by atoms with Crippen molar-refractivity contribution < 1.29 is 8.78 Å². The van der Waals surface area contributed by atoms with E-state index in [0.29, 0.717) is 5.92 Å². The first kappa shape index (κ1) is 9.94. The molecule has 2 unspecified atom stereocenters. The maximum atomic E-state index is 12.7. The Morgan fingerprint density at radius 3 is 1.92 bits per heavy atom. The van der Waals surface area contributed by atoms with Crippen molar-refractivity contribution in [2.45, 2.75) is 52.4 Å².